The molecule has 1 N–H and O–H groups in total. The summed E-state index contributed by atoms with van der Waals surface area (Å²) in [6, 6.07) is 10.3. The topological polar surface area (TPSA) is 32.3 Å². The number of hydrogen-bond donors (Lipinski definition) is 1. The monoisotopic (exact) mass is 206 g/mol. The van der Waals surface area contributed by atoms with Crippen molar-refractivity contribution in [1.29, 1.82) is 0 Å². The van der Waals surface area contributed by atoms with E-state index in [1.165, 1.54) is 5.56 Å². The van der Waals surface area contributed by atoms with Crippen molar-refractivity contribution in [2.24, 2.45) is 0 Å². The molecule has 1 atom stereocenters. The Morgan fingerprint density at radius 1 is 1.33 bits per heavy atom. The average molecular weight is 206 g/mol. The van der Waals surface area contributed by atoms with E-state index in [-0.39, 0.29) is 12.1 Å². The number of rotatable bonds is 3. The molecule has 0 aliphatic rings. The van der Waals surface area contributed by atoms with Gasteiger partial charge in [0.2, 0.25) is 0 Å². The highest BCUT2D eigenvalue weighted by molar-refractivity contribution is 5.73. The first-order valence-electron chi connectivity index (χ1n) is 5.11. The second-order valence-corrected chi connectivity index (χ2v) is 3.93. The molecule has 0 aliphatic heterocycles. The molecule has 1 aromatic rings. The fourth-order valence-corrected chi connectivity index (χ4v) is 1.36. The molecule has 2 amide bonds. The first-order valence-corrected chi connectivity index (χ1v) is 5.11. The van der Waals surface area contributed by atoms with Gasteiger partial charge in [-0.05, 0) is 18.9 Å². The lowest BCUT2D eigenvalue weighted by atomic mass is 10.1. The molecule has 0 saturated carbocycles. The summed E-state index contributed by atoms with van der Waals surface area (Å²) in [5.41, 5.74) is 1.24. The van der Waals surface area contributed by atoms with Gasteiger partial charge >= 0.3 is 6.03 Å². The lowest BCUT2D eigenvalue weighted by Crippen LogP contribution is -2.40. The molecule has 3 heteroatoms. The van der Waals surface area contributed by atoms with Crippen molar-refractivity contribution < 1.29 is 4.79 Å². The van der Waals surface area contributed by atoms with E-state index in [9.17, 15) is 4.79 Å². The number of urea groups is 1. The molecule has 82 valence electrons. The Balaban J connectivity index is 2.43. The van der Waals surface area contributed by atoms with Gasteiger partial charge in [0, 0.05) is 20.1 Å². The van der Waals surface area contributed by atoms with Crippen molar-refractivity contribution in [3.05, 3.63) is 35.9 Å². The van der Waals surface area contributed by atoms with Crippen LogP contribution in [0.5, 0.6) is 0 Å². The molecule has 0 fully saturated rings. The standard InChI is InChI=1S/C12H18N2O/c1-10(13-12(15)14(2)3)9-11-7-5-4-6-8-11/h4-8,10H,9H2,1-3H3,(H,13,15)/t10-/m1/s1. The van der Waals surface area contributed by atoms with E-state index in [1.807, 2.05) is 25.1 Å². The predicted octanol–water partition coefficient (Wildman–Crippen LogP) is 1.89. The highest BCUT2D eigenvalue weighted by Gasteiger charge is 2.08. The van der Waals surface area contributed by atoms with Crippen molar-refractivity contribution in [3.63, 3.8) is 0 Å². The van der Waals surface area contributed by atoms with Gasteiger partial charge in [-0.15, -0.1) is 0 Å². The largest absolute Gasteiger partial charge is 0.335 e. The van der Waals surface area contributed by atoms with Crippen LogP contribution < -0.4 is 5.32 Å². The maximum atomic E-state index is 11.4. The number of carbonyl (C=O) groups excluding carboxylic acids is 1. The summed E-state index contributed by atoms with van der Waals surface area (Å²) < 4.78 is 0. The molecule has 1 aromatic carbocycles. The highest BCUT2D eigenvalue weighted by Crippen LogP contribution is 2.02. The summed E-state index contributed by atoms with van der Waals surface area (Å²) in [6.07, 6.45) is 0.862. The second-order valence-electron chi connectivity index (χ2n) is 3.93. The van der Waals surface area contributed by atoms with Gasteiger partial charge < -0.3 is 10.2 Å². The van der Waals surface area contributed by atoms with Crippen molar-refractivity contribution >= 4 is 6.03 Å². The zero-order valence-electron chi connectivity index (χ0n) is 9.53. The van der Waals surface area contributed by atoms with Crippen LogP contribution in [0.4, 0.5) is 4.79 Å². The Morgan fingerprint density at radius 2 is 1.93 bits per heavy atom. The van der Waals surface area contributed by atoms with E-state index in [1.54, 1.807) is 19.0 Å². The van der Waals surface area contributed by atoms with Crippen LogP contribution in [0.25, 0.3) is 0 Å². The third-order valence-corrected chi connectivity index (χ3v) is 2.16. The Morgan fingerprint density at radius 3 is 2.47 bits per heavy atom. The molecule has 0 aliphatic carbocycles. The van der Waals surface area contributed by atoms with Gasteiger partial charge in [-0.25, -0.2) is 4.79 Å². The van der Waals surface area contributed by atoms with E-state index in [0.29, 0.717) is 0 Å². The fraction of sp³-hybridized carbons (Fsp3) is 0.417. The third-order valence-electron chi connectivity index (χ3n) is 2.16. The third kappa shape index (κ3) is 4.02. The second kappa shape index (κ2) is 5.39. The lowest BCUT2D eigenvalue weighted by molar-refractivity contribution is 0.214. The van der Waals surface area contributed by atoms with Crippen LogP contribution in [0.2, 0.25) is 0 Å². The van der Waals surface area contributed by atoms with Gasteiger partial charge in [-0.1, -0.05) is 30.3 Å². The number of nitrogens with one attached hydrogen (secondary N) is 1. The Kier molecular flexibility index (Phi) is 4.16. The van der Waals surface area contributed by atoms with Crippen molar-refractivity contribution in [1.82, 2.24) is 10.2 Å². The first-order chi connectivity index (χ1) is 7.09. The van der Waals surface area contributed by atoms with Crippen LogP contribution in [0.3, 0.4) is 0 Å². The summed E-state index contributed by atoms with van der Waals surface area (Å²) in [5.74, 6) is 0. The molecule has 3 nitrogen and oxygen atoms in total. The average Bonchev–Trinajstić information content (AvgIpc) is 2.18. The lowest BCUT2D eigenvalue weighted by Gasteiger charge is -2.17. The van der Waals surface area contributed by atoms with E-state index in [4.69, 9.17) is 0 Å². The van der Waals surface area contributed by atoms with Gasteiger partial charge in [0.25, 0.3) is 0 Å². The summed E-state index contributed by atoms with van der Waals surface area (Å²) in [6.45, 7) is 2.01. The number of amides is 2. The number of carbonyl (C=O) groups is 1. The van der Waals surface area contributed by atoms with Crippen LogP contribution in [0.1, 0.15) is 12.5 Å². The van der Waals surface area contributed by atoms with Crippen LogP contribution in [0.15, 0.2) is 30.3 Å². The minimum Gasteiger partial charge on any atom is -0.335 e. The maximum Gasteiger partial charge on any atom is 0.317 e. The summed E-state index contributed by atoms with van der Waals surface area (Å²) in [4.78, 5) is 12.9. The quantitative estimate of drug-likeness (QED) is 0.804. The maximum absolute atomic E-state index is 11.4. The summed E-state index contributed by atoms with van der Waals surface area (Å²) in [5, 5.41) is 2.91. The van der Waals surface area contributed by atoms with Crippen LogP contribution in [0, 0.1) is 0 Å². The van der Waals surface area contributed by atoms with Gasteiger partial charge in [-0.2, -0.15) is 0 Å². The minimum atomic E-state index is -0.0431. The van der Waals surface area contributed by atoms with Crippen LogP contribution in [-0.2, 0) is 6.42 Å². The summed E-state index contributed by atoms with van der Waals surface area (Å²) >= 11 is 0. The zero-order chi connectivity index (χ0) is 11.3. The van der Waals surface area contributed by atoms with E-state index in [2.05, 4.69) is 17.4 Å². The SMILES string of the molecule is C[C@H](Cc1ccccc1)NC(=O)N(C)C. The van der Waals surface area contributed by atoms with Crippen LogP contribution >= 0.6 is 0 Å². The molecule has 0 aromatic heterocycles. The van der Waals surface area contributed by atoms with Gasteiger partial charge in [0.05, 0.1) is 0 Å². The van der Waals surface area contributed by atoms with Gasteiger partial charge in [-0.3, -0.25) is 0 Å². The number of benzene rings is 1. The molecular formula is C12H18N2O. The Hall–Kier alpha value is -1.51. The Bertz CT molecular complexity index is 309. The van der Waals surface area contributed by atoms with Crippen molar-refractivity contribution in [2.45, 2.75) is 19.4 Å². The van der Waals surface area contributed by atoms with Crippen molar-refractivity contribution in [3.8, 4) is 0 Å². The molecule has 1 rings (SSSR count). The van der Waals surface area contributed by atoms with Gasteiger partial charge in [0.15, 0.2) is 0 Å². The Labute approximate surface area is 91.1 Å². The normalized spacial score (nSPS) is 11.9. The highest BCUT2D eigenvalue weighted by atomic mass is 16.2. The van der Waals surface area contributed by atoms with E-state index >= 15 is 0 Å². The smallest absolute Gasteiger partial charge is 0.317 e. The van der Waals surface area contributed by atoms with E-state index < -0.39 is 0 Å². The van der Waals surface area contributed by atoms with E-state index in [0.717, 1.165) is 6.42 Å². The first kappa shape index (κ1) is 11.6. The number of nitrogens with zero attached hydrogens (tertiary/aromatic N) is 1. The van der Waals surface area contributed by atoms with Crippen molar-refractivity contribution in [2.75, 3.05) is 14.1 Å². The molecule has 0 unspecified atom stereocenters. The summed E-state index contributed by atoms with van der Waals surface area (Å²) in [7, 11) is 3.48. The molecule has 15 heavy (non-hydrogen) atoms. The molecular weight excluding hydrogens is 188 g/mol. The van der Waals surface area contributed by atoms with Gasteiger partial charge in [0.1, 0.15) is 0 Å². The zero-order valence-corrected chi connectivity index (χ0v) is 9.53. The number of hydrogen-bond acceptors (Lipinski definition) is 1. The molecule has 0 bridgehead atoms. The molecule has 0 spiro atoms. The molecule has 0 heterocycles. The predicted molar refractivity (Wildman–Crippen MR) is 61.8 cm³/mol. The fourth-order valence-electron chi connectivity index (χ4n) is 1.36. The molecule has 0 radical (unpaired) electrons. The van der Waals surface area contributed by atoms with Crippen LogP contribution in [-0.4, -0.2) is 31.1 Å². The minimum absolute atomic E-state index is 0.0431. The molecule has 0 saturated heterocycles.